The topological polar surface area (TPSA) is 29.1 Å². The largest absolute Gasteiger partial charge is 0.319 e. The summed E-state index contributed by atoms with van der Waals surface area (Å²) in [6.07, 6.45) is 0. The first-order valence-corrected chi connectivity index (χ1v) is 6.60. The third-order valence-corrected chi connectivity index (χ3v) is 3.22. The van der Waals surface area contributed by atoms with E-state index in [1.165, 1.54) is 6.07 Å². The molecule has 0 atom stereocenters. The normalized spacial score (nSPS) is 10.3. The molecule has 2 aromatic carbocycles. The highest BCUT2D eigenvalue weighted by molar-refractivity contribution is 9.10. The lowest BCUT2D eigenvalue weighted by molar-refractivity contribution is 0.102. The van der Waals surface area contributed by atoms with Crippen molar-refractivity contribution >= 4 is 27.5 Å². The molecule has 0 radical (unpaired) electrons. The number of para-hydroxylation sites is 1. The summed E-state index contributed by atoms with van der Waals surface area (Å²) in [6.45, 7) is 3.65. The molecule has 0 aromatic heterocycles. The molecule has 2 nitrogen and oxygen atoms in total. The Hall–Kier alpha value is -1.68. The maximum Gasteiger partial charge on any atom is 0.255 e. The van der Waals surface area contributed by atoms with Crippen LogP contribution in [0.25, 0.3) is 0 Å². The molecule has 2 rings (SSSR count). The number of hydrogen-bond donors (Lipinski definition) is 1. The van der Waals surface area contributed by atoms with Crippen molar-refractivity contribution in [2.45, 2.75) is 13.8 Å². The second-order valence-corrected chi connectivity index (χ2v) is 5.32. The SMILES string of the molecule is Cc1cc(Br)cc(C(=O)Nc2c(C)cccc2F)c1. The van der Waals surface area contributed by atoms with Gasteiger partial charge in [-0.1, -0.05) is 28.1 Å². The van der Waals surface area contributed by atoms with Crippen LogP contribution in [0.4, 0.5) is 10.1 Å². The van der Waals surface area contributed by atoms with Crippen molar-refractivity contribution < 1.29 is 9.18 Å². The predicted octanol–water partition coefficient (Wildman–Crippen LogP) is 4.46. The zero-order valence-electron chi connectivity index (χ0n) is 10.6. The van der Waals surface area contributed by atoms with Crippen LogP contribution in [-0.2, 0) is 0 Å². The van der Waals surface area contributed by atoms with E-state index in [0.717, 1.165) is 10.0 Å². The first-order valence-electron chi connectivity index (χ1n) is 5.81. The number of nitrogens with one attached hydrogen (secondary N) is 1. The van der Waals surface area contributed by atoms with Gasteiger partial charge < -0.3 is 5.32 Å². The molecule has 0 fully saturated rings. The summed E-state index contributed by atoms with van der Waals surface area (Å²) in [5, 5.41) is 2.61. The molecule has 0 saturated carbocycles. The Labute approximate surface area is 119 Å². The lowest BCUT2D eigenvalue weighted by Gasteiger charge is -2.10. The molecule has 0 saturated heterocycles. The number of halogens is 2. The van der Waals surface area contributed by atoms with E-state index < -0.39 is 5.82 Å². The van der Waals surface area contributed by atoms with Crippen LogP contribution in [-0.4, -0.2) is 5.91 Å². The van der Waals surface area contributed by atoms with Gasteiger partial charge in [0.25, 0.3) is 5.91 Å². The van der Waals surface area contributed by atoms with Crippen LogP contribution < -0.4 is 5.32 Å². The van der Waals surface area contributed by atoms with Gasteiger partial charge in [0, 0.05) is 10.0 Å². The Kier molecular flexibility index (Phi) is 4.00. The summed E-state index contributed by atoms with van der Waals surface area (Å²) in [5.41, 5.74) is 2.38. The highest BCUT2D eigenvalue weighted by Gasteiger charge is 2.12. The summed E-state index contributed by atoms with van der Waals surface area (Å²) >= 11 is 3.34. The fraction of sp³-hybridized carbons (Fsp3) is 0.133. The quantitative estimate of drug-likeness (QED) is 0.869. The van der Waals surface area contributed by atoms with Gasteiger partial charge in [0.2, 0.25) is 0 Å². The Morgan fingerprint density at radius 3 is 2.58 bits per heavy atom. The summed E-state index contributed by atoms with van der Waals surface area (Å²) in [7, 11) is 0. The molecule has 98 valence electrons. The number of rotatable bonds is 2. The van der Waals surface area contributed by atoms with Crippen LogP contribution in [0.3, 0.4) is 0 Å². The molecule has 0 aliphatic heterocycles. The first kappa shape index (κ1) is 13.7. The summed E-state index contributed by atoms with van der Waals surface area (Å²) in [6, 6.07) is 10.1. The van der Waals surface area contributed by atoms with Gasteiger partial charge in [0.15, 0.2) is 0 Å². The molecule has 0 unspecified atom stereocenters. The lowest BCUT2D eigenvalue weighted by Crippen LogP contribution is -2.14. The van der Waals surface area contributed by atoms with Gasteiger partial charge >= 0.3 is 0 Å². The smallest absolute Gasteiger partial charge is 0.255 e. The van der Waals surface area contributed by atoms with Crippen molar-refractivity contribution in [2.75, 3.05) is 5.32 Å². The summed E-state index contributed by atoms with van der Waals surface area (Å²) in [4.78, 5) is 12.1. The van der Waals surface area contributed by atoms with Gasteiger partial charge in [-0.3, -0.25) is 4.79 Å². The van der Waals surface area contributed by atoms with Crippen molar-refractivity contribution in [1.82, 2.24) is 0 Å². The number of carbonyl (C=O) groups excluding carboxylic acids is 1. The van der Waals surface area contributed by atoms with E-state index >= 15 is 0 Å². The molecule has 1 amide bonds. The van der Waals surface area contributed by atoms with Gasteiger partial charge in [0.1, 0.15) is 5.82 Å². The molecule has 0 aliphatic carbocycles. The Morgan fingerprint density at radius 2 is 1.95 bits per heavy atom. The predicted molar refractivity (Wildman–Crippen MR) is 78.0 cm³/mol. The average molecular weight is 322 g/mol. The minimum absolute atomic E-state index is 0.227. The third-order valence-electron chi connectivity index (χ3n) is 2.76. The molecular weight excluding hydrogens is 309 g/mol. The van der Waals surface area contributed by atoms with Crippen molar-refractivity contribution in [3.63, 3.8) is 0 Å². The van der Waals surface area contributed by atoms with Gasteiger partial charge in [-0.15, -0.1) is 0 Å². The molecule has 0 aliphatic rings. The fourth-order valence-electron chi connectivity index (χ4n) is 1.84. The number of carbonyl (C=O) groups is 1. The molecule has 19 heavy (non-hydrogen) atoms. The van der Waals surface area contributed by atoms with E-state index in [1.807, 2.05) is 13.0 Å². The van der Waals surface area contributed by atoms with Crippen molar-refractivity contribution in [2.24, 2.45) is 0 Å². The maximum atomic E-state index is 13.7. The van der Waals surface area contributed by atoms with Crippen molar-refractivity contribution in [3.05, 3.63) is 63.4 Å². The van der Waals surface area contributed by atoms with E-state index in [9.17, 15) is 9.18 Å². The molecule has 2 aromatic rings. The molecule has 0 heterocycles. The van der Waals surface area contributed by atoms with Crippen LogP contribution in [0, 0.1) is 19.7 Å². The minimum Gasteiger partial charge on any atom is -0.319 e. The number of hydrogen-bond acceptors (Lipinski definition) is 1. The molecule has 0 spiro atoms. The van der Waals surface area contributed by atoms with Crippen LogP contribution in [0.2, 0.25) is 0 Å². The van der Waals surface area contributed by atoms with E-state index in [4.69, 9.17) is 0 Å². The van der Waals surface area contributed by atoms with E-state index in [-0.39, 0.29) is 11.6 Å². The first-order chi connectivity index (χ1) is 8.97. The van der Waals surface area contributed by atoms with Crippen LogP contribution >= 0.6 is 15.9 Å². The monoisotopic (exact) mass is 321 g/mol. The second kappa shape index (κ2) is 5.53. The van der Waals surface area contributed by atoms with E-state index in [0.29, 0.717) is 11.1 Å². The summed E-state index contributed by atoms with van der Waals surface area (Å²) in [5.74, 6) is -0.752. The average Bonchev–Trinajstić information content (AvgIpc) is 2.32. The van der Waals surface area contributed by atoms with Crippen molar-refractivity contribution in [3.8, 4) is 0 Å². The Bertz CT molecular complexity index is 600. The summed E-state index contributed by atoms with van der Waals surface area (Å²) < 4.78 is 14.5. The Morgan fingerprint density at radius 1 is 1.21 bits per heavy atom. The standard InChI is InChI=1S/C15H13BrFNO/c1-9-6-11(8-12(16)7-9)15(19)18-14-10(2)4-3-5-13(14)17/h3-8H,1-2H3,(H,18,19). The molecule has 4 heteroatoms. The van der Waals surface area contributed by atoms with E-state index in [1.54, 1.807) is 31.2 Å². The second-order valence-electron chi connectivity index (χ2n) is 4.40. The third kappa shape index (κ3) is 3.20. The number of aryl methyl sites for hydroxylation is 2. The zero-order valence-corrected chi connectivity index (χ0v) is 12.2. The Balaban J connectivity index is 2.31. The fourth-order valence-corrected chi connectivity index (χ4v) is 2.45. The highest BCUT2D eigenvalue weighted by Crippen LogP contribution is 2.21. The minimum atomic E-state index is -0.430. The molecular formula is C15H13BrFNO. The number of benzene rings is 2. The zero-order chi connectivity index (χ0) is 14.0. The van der Waals surface area contributed by atoms with Gasteiger partial charge in [-0.05, 0) is 49.2 Å². The van der Waals surface area contributed by atoms with Crippen molar-refractivity contribution in [1.29, 1.82) is 0 Å². The molecule has 1 N–H and O–H groups in total. The van der Waals surface area contributed by atoms with Gasteiger partial charge in [-0.2, -0.15) is 0 Å². The van der Waals surface area contributed by atoms with E-state index in [2.05, 4.69) is 21.2 Å². The number of amides is 1. The van der Waals surface area contributed by atoms with Gasteiger partial charge in [0.05, 0.1) is 5.69 Å². The van der Waals surface area contributed by atoms with Crippen LogP contribution in [0.1, 0.15) is 21.5 Å². The lowest BCUT2D eigenvalue weighted by atomic mass is 10.1. The number of anilines is 1. The van der Waals surface area contributed by atoms with Gasteiger partial charge in [-0.25, -0.2) is 4.39 Å². The maximum absolute atomic E-state index is 13.7. The van der Waals surface area contributed by atoms with Crippen LogP contribution in [0.5, 0.6) is 0 Å². The van der Waals surface area contributed by atoms with Crippen LogP contribution in [0.15, 0.2) is 40.9 Å². The molecule has 0 bridgehead atoms. The highest BCUT2D eigenvalue weighted by atomic mass is 79.9.